The van der Waals surface area contributed by atoms with Crippen molar-refractivity contribution in [1.29, 1.82) is 0 Å². The zero-order chi connectivity index (χ0) is 33.0. The van der Waals surface area contributed by atoms with Crippen LogP contribution in [0.25, 0.3) is 10.9 Å². The normalized spacial score (nSPS) is 17.5. The minimum atomic E-state index is -0.963. The van der Waals surface area contributed by atoms with Crippen molar-refractivity contribution in [1.82, 2.24) is 14.4 Å². The van der Waals surface area contributed by atoms with Crippen LogP contribution in [0, 0.1) is 5.92 Å². The number of ether oxygens (including phenoxy) is 1. The Kier molecular flexibility index (Phi) is 10.1. The first-order valence-corrected chi connectivity index (χ1v) is 15.6. The van der Waals surface area contributed by atoms with Gasteiger partial charge in [-0.05, 0) is 61.5 Å². The third-order valence-corrected chi connectivity index (χ3v) is 8.68. The lowest BCUT2D eigenvalue weighted by Crippen LogP contribution is -2.47. The van der Waals surface area contributed by atoms with E-state index >= 15 is 0 Å². The molecule has 1 aliphatic heterocycles. The summed E-state index contributed by atoms with van der Waals surface area (Å²) in [7, 11) is 3.94. The van der Waals surface area contributed by atoms with Crippen molar-refractivity contribution >= 4 is 34.4 Å². The van der Waals surface area contributed by atoms with Crippen molar-refractivity contribution in [3.63, 3.8) is 0 Å². The van der Waals surface area contributed by atoms with Crippen molar-refractivity contribution in [2.24, 2.45) is 13.0 Å². The van der Waals surface area contributed by atoms with E-state index in [9.17, 15) is 24.6 Å². The number of likely N-dealkylation sites (N-methyl/N-ethyl adjacent to an activating group) is 1. The van der Waals surface area contributed by atoms with Crippen LogP contribution in [0.1, 0.15) is 40.9 Å². The van der Waals surface area contributed by atoms with Gasteiger partial charge in [-0.2, -0.15) is 0 Å². The highest BCUT2D eigenvalue weighted by atomic mass is 16.5. The number of aliphatic hydroxyl groups is 1. The van der Waals surface area contributed by atoms with Crippen LogP contribution in [0.3, 0.4) is 0 Å². The molecule has 4 aromatic rings. The number of carboxylic acid groups (broad SMARTS) is 1. The summed E-state index contributed by atoms with van der Waals surface area (Å²) in [5.74, 6) is -0.734. The summed E-state index contributed by atoms with van der Waals surface area (Å²) in [6, 6.07) is 19.8. The van der Waals surface area contributed by atoms with Crippen LogP contribution in [0.4, 0.5) is 5.69 Å². The maximum atomic E-state index is 13.6. The molecular weight excluding hydrogens is 584 g/mol. The van der Waals surface area contributed by atoms with Crippen molar-refractivity contribution in [3.05, 3.63) is 95.2 Å². The second-order valence-electron chi connectivity index (χ2n) is 12.4. The van der Waals surface area contributed by atoms with Gasteiger partial charge in [0.15, 0.2) is 0 Å². The molecule has 1 aliphatic rings. The molecule has 0 unspecified atom stereocenters. The van der Waals surface area contributed by atoms with Gasteiger partial charge in [0, 0.05) is 61.0 Å². The zero-order valence-corrected chi connectivity index (χ0v) is 26.8. The van der Waals surface area contributed by atoms with Crippen molar-refractivity contribution < 1.29 is 29.3 Å². The zero-order valence-electron chi connectivity index (χ0n) is 26.8. The Morgan fingerprint density at radius 1 is 1.11 bits per heavy atom. The number of carbonyl (C=O) groups excluding carboxylic acids is 2. The van der Waals surface area contributed by atoms with Gasteiger partial charge in [0.2, 0.25) is 11.8 Å². The number of amides is 2. The number of carboxylic acids is 1. The van der Waals surface area contributed by atoms with E-state index in [2.05, 4.69) is 10.2 Å². The number of anilines is 1. The van der Waals surface area contributed by atoms with E-state index in [1.165, 1.54) is 0 Å². The molecule has 0 radical (unpaired) electrons. The second-order valence-corrected chi connectivity index (χ2v) is 12.4. The number of rotatable bonds is 10. The fourth-order valence-electron chi connectivity index (χ4n) is 6.11. The topological polar surface area (TPSA) is 124 Å². The molecule has 2 amide bonds. The smallest absolute Gasteiger partial charge is 0.335 e. The number of aromatic nitrogens is 1. The number of aromatic carboxylic acids is 1. The Labute approximate surface area is 269 Å². The highest BCUT2D eigenvalue weighted by Gasteiger charge is 2.31. The van der Waals surface area contributed by atoms with Crippen LogP contribution in [0.15, 0.2) is 72.9 Å². The molecule has 0 saturated heterocycles. The number of aryl methyl sites for hydroxylation is 1. The number of para-hydroxylation sites is 1. The van der Waals surface area contributed by atoms with Crippen LogP contribution < -0.4 is 10.1 Å². The van der Waals surface area contributed by atoms with E-state index in [4.69, 9.17) is 4.74 Å². The van der Waals surface area contributed by atoms with Gasteiger partial charge in [-0.25, -0.2) is 4.79 Å². The predicted molar refractivity (Wildman–Crippen MR) is 177 cm³/mol. The third kappa shape index (κ3) is 7.58. The van der Waals surface area contributed by atoms with Crippen molar-refractivity contribution in [3.8, 4) is 5.75 Å². The summed E-state index contributed by atoms with van der Waals surface area (Å²) in [5.41, 5.74) is 4.44. The molecule has 3 atom stereocenters. The predicted octanol–water partition coefficient (Wildman–Crippen LogP) is 4.34. The molecule has 10 heteroatoms. The summed E-state index contributed by atoms with van der Waals surface area (Å²) in [4.78, 5) is 41.8. The Hall–Kier alpha value is -4.67. The molecule has 10 nitrogen and oxygen atoms in total. The number of nitrogens with one attached hydrogen (secondary N) is 1. The van der Waals surface area contributed by atoms with Crippen LogP contribution in [0.2, 0.25) is 0 Å². The van der Waals surface area contributed by atoms with Gasteiger partial charge in [0.25, 0.3) is 0 Å². The maximum Gasteiger partial charge on any atom is 0.335 e. The monoisotopic (exact) mass is 626 g/mol. The number of hydrogen-bond acceptors (Lipinski definition) is 6. The molecule has 5 rings (SSSR count). The molecule has 0 saturated carbocycles. The number of carbonyl (C=O) groups is 3. The van der Waals surface area contributed by atoms with Crippen LogP contribution in [-0.4, -0.2) is 81.3 Å². The third-order valence-electron chi connectivity index (χ3n) is 8.68. The van der Waals surface area contributed by atoms with Crippen molar-refractivity contribution in [2.75, 3.05) is 32.1 Å². The Bertz CT molecular complexity index is 1720. The highest BCUT2D eigenvalue weighted by molar-refractivity contribution is 5.96. The fourth-order valence-corrected chi connectivity index (χ4v) is 6.11. The standard InChI is InChI=1S/C36H42N4O6/c1-23-18-40(24(2)22-41)35(43)17-27-15-29(37-34(42)16-28-20-39(4)31-8-6-5-7-30(28)31)13-14-32(27)46-33(23)21-38(3)19-25-9-11-26(12-10-25)36(44)45/h5-15,20,23-24,33,41H,16-19,21-22H2,1-4H3,(H,37,42)(H,44,45)/t23-,24+,33-/m1/s1. The number of fused-ring (bicyclic) bond motifs is 2. The van der Waals surface area contributed by atoms with Crippen LogP contribution in [-0.2, 0) is 36.0 Å². The number of benzene rings is 3. The molecule has 3 aromatic carbocycles. The van der Waals surface area contributed by atoms with E-state index in [1.54, 1.807) is 29.2 Å². The summed E-state index contributed by atoms with van der Waals surface area (Å²) in [5, 5.41) is 23.2. The largest absolute Gasteiger partial charge is 0.488 e. The van der Waals surface area contributed by atoms with Crippen LogP contribution in [0.5, 0.6) is 5.75 Å². The Balaban J connectivity index is 1.36. The van der Waals surface area contributed by atoms with E-state index < -0.39 is 5.97 Å². The lowest BCUT2D eigenvalue weighted by Gasteiger charge is -2.34. The highest BCUT2D eigenvalue weighted by Crippen LogP contribution is 2.30. The Morgan fingerprint density at radius 3 is 2.57 bits per heavy atom. The first kappa shape index (κ1) is 32.7. The van der Waals surface area contributed by atoms with Crippen LogP contribution >= 0.6 is 0 Å². The summed E-state index contributed by atoms with van der Waals surface area (Å²) < 4.78 is 8.64. The van der Waals surface area contributed by atoms with Gasteiger partial charge in [0.1, 0.15) is 11.9 Å². The Morgan fingerprint density at radius 2 is 1.85 bits per heavy atom. The molecule has 46 heavy (non-hydrogen) atoms. The van der Waals surface area contributed by atoms with E-state index in [-0.39, 0.29) is 54.9 Å². The molecule has 0 aliphatic carbocycles. The molecular formula is C36H42N4O6. The quantitative estimate of drug-likeness (QED) is 0.239. The molecule has 242 valence electrons. The lowest BCUT2D eigenvalue weighted by atomic mass is 10.0. The summed E-state index contributed by atoms with van der Waals surface area (Å²) in [6.45, 7) is 5.24. The second kappa shape index (κ2) is 14.2. The van der Waals surface area contributed by atoms with Gasteiger partial charge >= 0.3 is 5.97 Å². The van der Waals surface area contributed by atoms with Gasteiger partial charge < -0.3 is 29.7 Å². The number of hydrogen-bond donors (Lipinski definition) is 3. The lowest BCUT2D eigenvalue weighted by molar-refractivity contribution is -0.134. The van der Waals surface area contributed by atoms with Gasteiger partial charge in [-0.15, -0.1) is 0 Å². The molecule has 2 heterocycles. The van der Waals surface area contributed by atoms with E-state index in [0.717, 1.165) is 22.0 Å². The molecule has 1 aromatic heterocycles. The summed E-state index contributed by atoms with van der Waals surface area (Å²) >= 11 is 0. The first-order chi connectivity index (χ1) is 22.0. The average Bonchev–Trinajstić information content (AvgIpc) is 3.36. The molecule has 0 bridgehead atoms. The van der Waals surface area contributed by atoms with E-state index in [0.29, 0.717) is 36.6 Å². The minimum Gasteiger partial charge on any atom is -0.488 e. The first-order valence-electron chi connectivity index (χ1n) is 15.6. The summed E-state index contributed by atoms with van der Waals surface area (Å²) in [6.07, 6.45) is 1.95. The number of aliphatic hydroxyl groups excluding tert-OH is 1. The molecule has 0 fully saturated rings. The molecule has 0 spiro atoms. The SMILES string of the molecule is C[C@@H]1CN([C@@H](C)CO)C(=O)Cc2cc(NC(=O)Cc3cn(C)c4ccccc34)ccc2O[C@@H]1CN(C)Cc1ccc(C(=O)O)cc1. The van der Waals surface area contributed by atoms with Gasteiger partial charge in [0.05, 0.1) is 31.1 Å². The maximum absolute atomic E-state index is 13.6. The van der Waals surface area contributed by atoms with Crippen molar-refractivity contribution in [2.45, 2.75) is 45.4 Å². The average molecular weight is 627 g/mol. The van der Waals surface area contributed by atoms with Gasteiger partial charge in [-0.1, -0.05) is 37.3 Å². The minimum absolute atomic E-state index is 0.0674. The number of nitrogens with zero attached hydrogens (tertiary/aromatic N) is 3. The molecule has 3 N–H and O–H groups in total. The van der Waals surface area contributed by atoms with Gasteiger partial charge in [-0.3, -0.25) is 14.5 Å². The van der Waals surface area contributed by atoms with E-state index in [1.807, 2.05) is 81.2 Å². The fraction of sp³-hybridized carbons (Fsp3) is 0.361.